The zero-order chi connectivity index (χ0) is 15.6. The van der Waals surface area contributed by atoms with Crippen LogP contribution < -0.4 is 5.32 Å². The van der Waals surface area contributed by atoms with Crippen LogP contribution in [0.3, 0.4) is 0 Å². The largest absolute Gasteiger partial charge is 0.309 e. The first-order valence-corrected chi connectivity index (χ1v) is 8.61. The van der Waals surface area contributed by atoms with Crippen LogP contribution in [0.5, 0.6) is 0 Å². The first kappa shape index (κ1) is 16.5. The maximum absolute atomic E-state index is 6.39. The number of nitrogens with one attached hydrogen (secondary N) is 1. The van der Waals surface area contributed by atoms with E-state index in [0.29, 0.717) is 6.04 Å². The summed E-state index contributed by atoms with van der Waals surface area (Å²) < 4.78 is 1.76. The fraction of sp³-hybridized carbons (Fsp3) is 0.562. The van der Waals surface area contributed by atoms with Gasteiger partial charge in [-0.25, -0.2) is 0 Å². The Morgan fingerprint density at radius 1 is 1.38 bits per heavy atom. The van der Waals surface area contributed by atoms with Crippen molar-refractivity contribution in [3.05, 3.63) is 37.8 Å². The molecule has 2 heterocycles. The lowest BCUT2D eigenvalue weighted by Crippen LogP contribution is -2.23. The Kier molecular flexibility index (Phi) is 5.47. The van der Waals surface area contributed by atoms with E-state index in [1.54, 1.807) is 4.68 Å². The zero-order valence-corrected chi connectivity index (χ0v) is 15.0. The molecule has 0 saturated heterocycles. The fourth-order valence-corrected chi connectivity index (χ4v) is 3.85. The molecule has 0 aliphatic carbocycles. The monoisotopic (exact) mass is 325 g/mol. The average Bonchev–Trinajstić information content (AvgIpc) is 2.88. The second-order valence-electron chi connectivity index (χ2n) is 5.58. The lowest BCUT2D eigenvalue weighted by molar-refractivity contribution is 0.535. The third kappa shape index (κ3) is 3.68. The molecule has 1 unspecified atom stereocenters. The van der Waals surface area contributed by atoms with Gasteiger partial charge in [-0.3, -0.25) is 4.68 Å². The van der Waals surface area contributed by atoms with Crippen LogP contribution in [0.1, 0.15) is 46.0 Å². The molecule has 0 radical (unpaired) electrons. The van der Waals surface area contributed by atoms with Crippen LogP contribution in [0, 0.1) is 20.8 Å². The topological polar surface area (TPSA) is 29.9 Å². The van der Waals surface area contributed by atoms with Gasteiger partial charge in [0.1, 0.15) is 5.15 Å². The number of nitrogens with zero attached hydrogens (tertiary/aromatic N) is 2. The highest BCUT2D eigenvalue weighted by atomic mass is 35.5. The minimum absolute atomic E-state index is 0.308. The van der Waals surface area contributed by atoms with Gasteiger partial charge in [0.2, 0.25) is 0 Å². The van der Waals surface area contributed by atoms with Crippen LogP contribution in [0.2, 0.25) is 5.15 Å². The molecule has 0 aliphatic rings. The Morgan fingerprint density at radius 2 is 2.10 bits per heavy atom. The predicted molar refractivity (Wildman–Crippen MR) is 91.5 cm³/mol. The van der Waals surface area contributed by atoms with E-state index in [1.165, 1.54) is 15.3 Å². The second-order valence-corrected chi connectivity index (χ2v) is 7.22. The molecule has 1 atom stereocenters. The molecule has 0 amide bonds. The van der Waals surface area contributed by atoms with Crippen molar-refractivity contribution in [1.82, 2.24) is 15.1 Å². The Hall–Kier alpha value is -0.840. The smallest absolute Gasteiger partial charge is 0.130 e. The van der Waals surface area contributed by atoms with Crippen LogP contribution >= 0.6 is 22.9 Å². The van der Waals surface area contributed by atoms with Crippen molar-refractivity contribution in [2.45, 2.75) is 46.6 Å². The lowest BCUT2D eigenvalue weighted by Gasteiger charge is -2.17. The summed E-state index contributed by atoms with van der Waals surface area (Å²) in [6.45, 7) is 9.59. The van der Waals surface area contributed by atoms with Crippen LogP contribution in [-0.4, -0.2) is 16.3 Å². The Morgan fingerprint density at radius 3 is 2.57 bits per heavy atom. The SMILES string of the molecule is CCCNC(Cc1c(C)nn(C)c1Cl)c1cc(C)c(C)s1. The maximum Gasteiger partial charge on any atom is 0.130 e. The quantitative estimate of drug-likeness (QED) is 0.856. The van der Waals surface area contributed by atoms with Crippen molar-refractivity contribution in [3.8, 4) is 0 Å². The van der Waals surface area contributed by atoms with Gasteiger partial charge in [0.25, 0.3) is 0 Å². The molecule has 0 aromatic carbocycles. The van der Waals surface area contributed by atoms with Crippen molar-refractivity contribution >= 4 is 22.9 Å². The van der Waals surface area contributed by atoms with E-state index in [1.807, 2.05) is 25.3 Å². The molecule has 21 heavy (non-hydrogen) atoms. The molecule has 0 saturated carbocycles. The van der Waals surface area contributed by atoms with Crippen LogP contribution in [0.15, 0.2) is 6.07 Å². The van der Waals surface area contributed by atoms with Gasteiger partial charge in [0.05, 0.1) is 5.69 Å². The van der Waals surface area contributed by atoms with E-state index in [4.69, 9.17) is 11.6 Å². The summed E-state index contributed by atoms with van der Waals surface area (Å²) in [4.78, 5) is 2.78. The van der Waals surface area contributed by atoms with E-state index in [2.05, 4.69) is 37.3 Å². The summed E-state index contributed by atoms with van der Waals surface area (Å²) in [5.41, 5.74) is 3.54. The highest BCUT2D eigenvalue weighted by Crippen LogP contribution is 2.31. The Bertz CT molecular complexity index is 596. The summed E-state index contributed by atoms with van der Waals surface area (Å²) in [6, 6.07) is 2.61. The number of hydrogen-bond donors (Lipinski definition) is 1. The summed E-state index contributed by atoms with van der Waals surface area (Å²) >= 11 is 8.27. The minimum Gasteiger partial charge on any atom is -0.309 e. The fourth-order valence-electron chi connectivity index (χ4n) is 2.48. The van der Waals surface area contributed by atoms with Crippen molar-refractivity contribution in [3.63, 3.8) is 0 Å². The molecule has 1 N–H and O–H groups in total. The van der Waals surface area contributed by atoms with Crippen LogP contribution in [-0.2, 0) is 13.5 Å². The first-order valence-electron chi connectivity index (χ1n) is 7.42. The number of aryl methyl sites for hydroxylation is 4. The van der Waals surface area contributed by atoms with E-state index < -0.39 is 0 Å². The third-order valence-electron chi connectivity index (χ3n) is 3.85. The van der Waals surface area contributed by atoms with Gasteiger partial charge < -0.3 is 5.32 Å². The van der Waals surface area contributed by atoms with Crippen molar-refractivity contribution < 1.29 is 0 Å². The molecular formula is C16H24ClN3S. The van der Waals surface area contributed by atoms with Gasteiger partial charge in [-0.15, -0.1) is 11.3 Å². The molecule has 2 aromatic rings. The molecule has 0 aliphatic heterocycles. The van der Waals surface area contributed by atoms with Crippen molar-refractivity contribution in [2.75, 3.05) is 6.54 Å². The average molecular weight is 326 g/mol. The van der Waals surface area contributed by atoms with Crippen molar-refractivity contribution in [2.24, 2.45) is 7.05 Å². The molecule has 116 valence electrons. The van der Waals surface area contributed by atoms with Gasteiger partial charge in [-0.05, 0) is 51.8 Å². The lowest BCUT2D eigenvalue weighted by atomic mass is 10.0. The van der Waals surface area contributed by atoms with Crippen molar-refractivity contribution in [1.29, 1.82) is 0 Å². The number of hydrogen-bond acceptors (Lipinski definition) is 3. The van der Waals surface area contributed by atoms with E-state index in [9.17, 15) is 0 Å². The van der Waals surface area contributed by atoms with E-state index in [0.717, 1.165) is 35.8 Å². The summed E-state index contributed by atoms with van der Waals surface area (Å²) in [5.74, 6) is 0. The van der Waals surface area contributed by atoms with E-state index >= 15 is 0 Å². The summed E-state index contributed by atoms with van der Waals surface area (Å²) in [6.07, 6.45) is 2.01. The predicted octanol–water partition coefficient (Wildman–Crippen LogP) is 4.34. The molecule has 0 spiro atoms. The van der Waals surface area contributed by atoms with Gasteiger partial charge in [-0.1, -0.05) is 18.5 Å². The highest BCUT2D eigenvalue weighted by molar-refractivity contribution is 7.12. The minimum atomic E-state index is 0.308. The summed E-state index contributed by atoms with van der Waals surface area (Å²) in [5, 5.41) is 8.82. The number of thiophene rings is 1. The molecule has 0 bridgehead atoms. The molecule has 5 heteroatoms. The Balaban J connectivity index is 2.28. The van der Waals surface area contributed by atoms with E-state index in [-0.39, 0.29) is 0 Å². The highest BCUT2D eigenvalue weighted by Gasteiger charge is 2.20. The Labute approximate surface area is 136 Å². The first-order chi connectivity index (χ1) is 9.93. The maximum atomic E-state index is 6.39. The second kappa shape index (κ2) is 6.95. The normalized spacial score (nSPS) is 12.9. The molecule has 3 nitrogen and oxygen atoms in total. The molecular weight excluding hydrogens is 302 g/mol. The molecule has 2 aromatic heterocycles. The third-order valence-corrected chi connectivity index (χ3v) is 5.59. The van der Waals surface area contributed by atoms with Gasteiger partial charge in [0, 0.05) is 28.4 Å². The summed E-state index contributed by atoms with van der Waals surface area (Å²) in [7, 11) is 1.90. The van der Waals surface area contributed by atoms with Crippen LogP contribution in [0.25, 0.3) is 0 Å². The number of halogens is 1. The van der Waals surface area contributed by atoms with Gasteiger partial charge in [0.15, 0.2) is 0 Å². The number of aromatic nitrogens is 2. The van der Waals surface area contributed by atoms with Gasteiger partial charge in [-0.2, -0.15) is 5.10 Å². The zero-order valence-electron chi connectivity index (χ0n) is 13.5. The standard InChI is InChI=1S/C16H24ClN3S/c1-6-7-18-14(15-8-10(2)12(4)21-15)9-13-11(3)19-20(5)16(13)17/h8,14,18H,6-7,9H2,1-5H3. The molecule has 2 rings (SSSR count). The van der Waals surface area contributed by atoms with Crippen LogP contribution in [0.4, 0.5) is 0 Å². The van der Waals surface area contributed by atoms with Gasteiger partial charge >= 0.3 is 0 Å². The molecule has 0 fully saturated rings. The number of rotatable bonds is 6.